The average molecular weight is 316 g/mol. The summed E-state index contributed by atoms with van der Waals surface area (Å²) in [5.41, 5.74) is 1.07. The van der Waals surface area contributed by atoms with Gasteiger partial charge in [0.25, 0.3) is 0 Å². The van der Waals surface area contributed by atoms with Gasteiger partial charge in [0.2, 0.25) is 0 Å². The third kappa shape index (κ3) is 4.98. The largest absolute Gasteiger partial charge is 0.508 e. The molecule has 0 saturated carbocycles. The summed E-state index contributed by atoms with van der Waals surface area (Å²) in [5.74, 6) is 2.00. The lowest BCUT2D eigenvalue weighted by molar-refractivity contribution is 0.448. The fourth-order valence-corrected chi connectivity index (χ4v) is 2.22. The number of guanidine groups is 1. The Hall–Kier alpha value is -2.57. The first-order valence-corrected chi connectivity index (χ1v) is 7.70. The van der Waals surface area contributed by atoms with Crippen LogP contribution in [0.5, 0.6) is 5.75 Å². The molecule has 1 aromatic heterocycles. The van der Waals surface area contributed by atoms with E-state index in [9.17, 15) is 5.11 Å². The average Bonchev–Trinajstić information content (AvgIpc) is 2.91. The maximum Gasteiger partial charge on any atom is 0.194 e. The highest BCUT2D eigenvalue weighted by molar-refractivity contribution is 5.79. The number of aryl methyl sites for hydroxylation is 1. The highest BCUT2D eigenvalue weighted by Crippen LogP contribution is 2.11. The minimum Gasteiger partial charge on any atom is -0.508 e. The maximum atomic E-state index is 9.49. The molecule has 0 amide bonds. The minimum absolute atomic E-state index is 0.290. The van der Waals surface area contributed by atoms with Gasteiger partial charge in [-0.3, -0.25) is 9.67 Å². The molecule has 0 saturated heterocycles. The summed E-state index contributed by atoms with van der Waals surface area (Å²) in [6.07, 6.45) is 2.33. The van der Waals surface area contributed by atoms with E-state index >= 15 is 0 Å². The molecule has 23 heavy (non-hydrogen) atoms. The maximum absolute atomic E-state index is 9.49. The normalized spacial score (nSPS) is 11.5. The zero-order chi connectivity index (χ0) is 16.7. The van der Waals surface area contributed by atoms with Gasteiger partial charge in [0.1, 0.15) is 17.9 Å². The van der Waals surface area contributed by atoms with Crippen molar-refractivity contribution in [2.45, 2.75) is 19.9 Å². The minimum atomic E-state index is 0.290. The van der Waals surface area contributed by atoms with Crippen molar-refractivity contribution in [2.75, 3.05) is 20.1 Å². The molecule has 1 aromatic carbocycles. The van der Waals surface area contributed by atoms with Crippen LogP contribution in [0.25, 0.3) is 0 Å². The number of phenolic OH excluding ortho intramolecular Hbond substituents is 1. The number of aliphatic imine (C=N–C) groups is 1. The van der Waals surface area contributed by atoms with Crippen LogP contribution < -0.4 is 5.32 Å². The molecule has 0 radical (unpaired) electrons. The van der Waals surface area contributed by atoms with Gasteiger partial charge in [0.15, 0.2) is 5.96 Å². The fraction of sp³-hybridized carbons (Fsp3) is 0.438. The first-order chi connectivity index (χ1) is 11.1. The Morgan fingerprint density at radius 2 is 2.26 bits per heavy atom. The highest BCUT2D eigenvalue weighted by Gasteiger charge is 2.09. The molecule has 0 fully saturated rings. The summed E-state index contributed by atoms with van der Waals surface area (Å²) in [7, 11) is 3.85. The Kier molecular flexibility index (Phi) is 5.96. The van der Waals surface area contributed by atoms with Crippen LogP contribution in [0.15, 0.2) is 35.6 Å². The van der Waals surface area contributed by atoms with Crippen molar-refractivity contribution in [3.63, 3.8) is 0 Å². The van der Waals surface area contributed by atoms with Gasteiger partial charge in [-0.15, -0.1) is 0 Å². The molecule has 0 unspecified atom stereocenters. The lowest BCUT2D eigenvalue weighted by atomic mass is 10.1. The van der Waals surface area contributed by atoms with Crippen LogP contribution in [0.3, 0.4) is 0 Å². The van der Waals surface area contributed by atoms with Crippen molar-refractivity contribution >= 4 is 5.96 Å². The Morgan fingerprint density at radius 3 is 2.91 bits per heavy atom. The van der Waals surface area contributed by atoms with Crippen LogP contribution in [-0.4, -0.2) is 50.9 Å². The molecule has 0 aliphatic rings. The summed E-state index contributed by atoms with van der Waals surface area (Å²) < 4.78 is 1.76. The van der Waals surface area contributed by atoms with Crippen molar-refractivity contribution in [1.82, 2.24) is 25.0 Å². The van der Waals surface area contributed by atoms with Gasteiger partial charge in [0.05, 0.1) is 6.54 Å². The second kappa shape index (κ2) is 8.17. The van der Waals surface area contributed by atoms with Crippen molar-refractivity contribution in [2.24, 2.45) is 12.0 Å². The predicted octanol–water partition coefficient (Wildman–Crippen LogP) is 1.16. The molecule has 0 aliphatic heterocycles. The molecule has 0 bridgehead atoms. The SMILES string of the molecule is CCNC(=NCCc1cccc(O)c1)N(C)Cc1ncnn1C. The summed E-state index contributed by atoms with van der Waals surface area (Å²) in [6.45, 7) is 4.12. The number of aromatic nitrogens is 3. The van der Waals surface area contributed by atoms with Gasteiger partial charge in [-0.25, -0.2) is 4.98 Å². The monoisotopic (exact) mass is 316 g/mol. The quantitative estimate of drug-likeness (QED) is 0.618. The van der Waals surface area contributed by atoms with Crippen molar-refractivity contribution in [3.05, 3.63) is 42.0 Å². The molecule has 124 valence electrons. The van der Waals surface area contributed by atoms with Crippen LogP contribution in [0.1, 0.15) is 18.3 Å². The second-order valence-corrected chi connectivity index (χ2v) is 5.31. The summed E-state index contributed by atoms with van der Waals surface area (Å²) in [5, 5.41) is 16.9. The van der Waals surface area contributed by atoms with Gasteiger partial charge in [-0.1, -0.05) is 12.1 Å². The van der Waals surface area contributed by atoms with Gasteiger partial charge in [-0.2, -0.15) is 5.10 Å². The number of nitrogens with zero attached hydrogens (tertiary/aromatic N) is 5. The molecule has 0 spiro atoms. The number of aromatic hydroxyl groups is 1. The van der Waals surface area contributed by atoms with Crippen LogP contribution >= 0.6 is 0 Å². The number of hydrogen-bond acceptors (Lipinski definition) is 4. The van der Waals surface area contributed by atoms with Crippen LogP contribution in [0.2, 0.25) is 0 Å². The topological polar surface area (TPSA) is 78.6 Å². The zero-order valence-corrected chi connectivity index (χ0v) is 13.9. The lowest BCUT2D eigenvalue weighted by Crippen LogP contribution is -2.39. The number of phenols is 1. The zero-order valence-electron chi connectivity index (χ0n) is 13.9. The Morgan fingerprint density at radius 1 is 1.43 bits per heavy atom. The lowest BCUT2D eigenvalue weighted by Gasteiger charge is -2.21. The van der Waals surface area contributed by atoms with E-state index in [0.29, 0.717) is 13.1 Å². The van der Waals surface area contributed by atoms with Crippen molar-refractivity contribution < 1.29 is 5.11 Å². The molecular formula is C16H24N6O. The smallest absolute Gasteiger partial charge is 0.194 e. The number of benzene rings is 1. The van der Waals surface area contributed by atoms with Crippen LogP contribution in [-0.2, 0) is 20.0 Å². The summed E-state index contributed by atoms with van der Waals surface area (Å²) in [6, 6.07) is 7.28. The van der Waals surface area contributed by atoms with E-state index in [1.54, 1.807) is 23.1 Å². The van der Waals surface area contributed by atoms with Gasteiger partial charge in [-0.05, 0) is 31.0 Å². The van der Waals surface area contributed by atoms with E-state index in [1.807, 2.05) is 38.1 Å². The first-order valence-electron chi connectivity index (χ1n) is 7.70. The first kappa shape index (κ1) is 16.8. The van der Waals surface area contributed by atoms with E-state index < -0.39 is 0 Å². The second-order valence-electron chi connectivity index (χ2n) is 5.31. The van der Waals surface area contributed by atoms with Gasteiger partial charge in [0, 0.05) is 27.2 Å². The number of rotatable bonds is 6. The standard InChI is InChI=1S/C16H24N6O/c1-4-17-16(21(2)11-15-19-12-20-22(15)3)18-9-8-13-6-5-7-14(23)10-13/h5-7,10,12,23H,4,8-9,11H2,1-3H3,(H,17,18). The third-order valence-electron chi connectivity index (χ3n) is 3.45. The highest BCUT2D eigenvalue weighted by atomic mass is 16.3. The van der Waals surface area contributed by atoms with Crippen molar-refractivity contribution in [3.8, 4) is 5.75 Å². The molecule has 2 rings (SSSR count). The molecule has 7 nitrogen and oxygen atoms in total. The molecule has 1 heterocycles. The molecule has 7 heteroatoms. The predicted molar refractivity (Wildman–Crippen MR) is 90.3 cm³/mol. The van der Waals surface area contributed by atoms with Gasteiger partial charge >= 0.3 is 0 Å². The molecule has 2 N–H and O–H groups in total. The van der Waals surface area contributed by atoms with E-state index in [4.69, 9.17) is 0 Å². The molecular weight excluding hydrogens is 292 g/mol. The number of nitrogens with one attached hydrogen (secondary N) is 1. The molecule has 2 aromatic rings. The summed E-state index contributed by atoms with van der Waals surface area (Å²) >= 11 is 0. The Labute approximate surface area is 136 Å². The number of hydrogen-bond donors (Lipinski definition) is 2. The van der Waals surface area contributed by atoms with E-state index in [0.717, 1.165) is 30.3 Å². The van der Waals surface area contributed by atoms with Crippen LogP contribution in [0.4, 0.5) is 0 Å². The van der Waals surface area contributed by atoms with Gasteiger partial charge < -0.3 is 15.3 Å². The third-order valence-corrected chi connectivity index (χ3v) is 3.45. The molecule has 0 atom stereocenters. The van der Waals surface area contributed by atoms with E-state index in [1.165, 1.54) is 0 Å². The van der Waals surface area contributed by atoms with E-state index in [-0.39, 0.29) is 5.75 Å². The Balaban J connectivity index is 1.97. The molecule has 0 aliphatic carbocycles. The Bertz CT molecular complexity index is 652. The van der Waals surface area contributed by atoms with Crippen LogP contribution in [0, 0.1) is 0 Å². The fourth-order valence-electron chi connectivity index (χ4n) is 2.22. The van der Waals surface area contributed by atoms with Crippen molar-refractivity contribution in [1.29, 1.82) is 0 Å². The van der Waals surface area contributed by atoms with E-state index in [2.05, 4.69) is 20.4 Å². The summed E-state index contributed by atoms with van der Waals surface area (Å²) in [4.78, 5) is 10.9.